The van der Waals surface area contributed by atoms with Crippen molar-refractivity contribution >= 4 is 35.1 Å². The minimum absolute atomic E-state index is 0.0902. The van der Waals surface area contributed by atoms with E-state index in [4.69, 9.17) is 5.26 Å². The van der Waals surface area contributed by atoms with E-state index in [1.165, 1.54) is 30.6 Å². The number of benzene rings is 2. The van der Waals surface area contributed by atoms with Crippen LogP contribution in [0.1, 0.15) is 30.5 Å². The molecule has 0 fully saturated rings. The third kappa shape index (κ3) is 3.87. The van der Waals surface area contributed by atoms with Gasteiger partial charge in [-0.1, -0.05) is 12.6 Å². The van der Waals surface area contributed by atoms with E-state index in [9.17, 15) is 31.1 Å². The van der Waals surface area contributed by atoms with Crippen LogP contribution in [0.3, 0.4) is 0 Å². The van der Waals surface area contributed by atoms with E-state index >= 15 is 0 Å². The average Bonchev–Trinajstić information content (AvgIpc) is 2.84. The molecule has 0 saturated carbocycles. The van der Waals surface area contributed by atoms with Gasteiger partial charge in [0, 0.05) is 0 Å². The number of amides is 1. The first-order valence-corrected chi connectivity index (χ1v) is 9.13. The molecular formula is C20H14F6N3OS+. The number of amidine groups is 1. The number of halogens is 6. The first-order chi connectivity index (χ1) is 14.2. The zero-order chi connectivity index (χ0) is 23.4. The van der Waals surface area contributed by atoms with Crippen molar-refractivity contribution in [1.29, 1.82) is 5.26 Å². The van der Waals surface area contributed by atoms with E-state index in [0.717, 1.165) is 35.2 Å². The fourth-order valence-electron chi connectivity index (χ4n) is 3.28. The highest BCUT2D eigenvalue weighted by atomic mass is 32.1. The zero-order valence-electron chi connectivity index (χ0n) is 16.0. The smallest absolute Gasteiger partial charge is 0.241 e. The number of thiol groups is 1. The van der Waals surface area contributed by atoms with Crippen LogP contribution in [0, 0.1) is 11.3 Å². The van der Waals surface area contributed by atoms with Gasteiger partial charge in [0.05, 0.1) is 22.8 Å². The molecule has 162 valence electrons. The minimum atomic E-state index is -4.83. The van der Waals surface area contributed by atoms with Gasteiger partial charge in [0.15, 0.2) is 0 Å². The van der Waals surface area contributed by atoms with Crippen molar-refractivity contribution in [1.82, 2.24) is 0 Å². The highest BCUT2D eigenvalue weighted by molar-refractivity contribution is 7.97. The molecule has 1 aliphatic rings. The van der Waals surface area contributed by atoms with Crippen LogP contribution in [-0.2, 0) is 17.1 Å². The van der Waals surface area contributed by atoms with Gasteiger partial charge >= 0.3 is 23.4 Å². The van der Waals surface area contributed by atoms with Crippen molar-refractivity contribution < 1.29 is 35.7 Å². The van der Waals surface area contributed by atoms with Crippen LogP contribution in [0.2, 0.25) is 0 Å². The Morgan fingerprint density at radius 2 is 1.58 bits per heavy atom. The maximum absolute atomic E-state index is 13.3. The third-order valence-corrected chi connectivity index (χ3v) is 5.23. The summed E-state index contributed by atoms with van der Waals surface area (Å²) in [5, 5.41) is 8.87. The number of nitrogens with zero attached hydrogens (tertiary/aromatic N) is 3. The number of carbonyl (C=O) groups excluding carboxylic acids is 1. The minimum Gasteiger partial charge on any atom is -0.241 e. The van der Waals surface area contributed by atoms with Gasteiger partial charge in [-0.15, -0.1) is 0 Å². The van der Waals surface area contributed by atoms with Crippen LogP contribution in [0.25, 0.3) is 0 Å². The van der Waals surface area contributed by atoms with Gasteiger partial charge in [0.2, 0.25) is 5.54 Å². The van der Waals surface area contributed by atoms with E-state index in [1.54, 1.807) is 0 Å². The molecule has 3 rings (SSSR count). The number of rotatable bonds is 2. The number of anilines is 1. The van der Waals surface area contributed by atoms with Gasteiger partial charge < -0.3 is 0 Å². The van der Waals surface area contributed by atoms with Crippen molar-refractivity contribution in [3.63, 3.8) is 0 Å². The molecule has 0 bridgehead atoms. The molecule has 0 aromatic heterocycles. The van der Waals surface area contributed by atoms with Crippen molar-refractivity contribution in [2.24, 2.45) is 0 Å². The maximum atomic E-state index is 13.3. The summed E-state index contributed by atoms with van der Waals surface area (Å²) in [5.74, 6) is -0.643. The van der Waals surface area contributed by atoms with Crippen molar-refractivity contribution in [2.75, 3.05) is 4.90 Å². The Labute approximate surface area is 178 Å². The summed E-state index contributed by atoms with van der Waals surface area (Å²) in [6, 6.07) is 8.22. The summed E-state index contributed by atoms with van der Waals surface area (Å²) in [7, 11) is 0. The summed E-state index contributed by atoms with van der Waals surface area (Å²) in [4.78, 5) is 14.0. The summed E-state index contributed by atoms with van der Waals surface area (Å²) in [6.07, 6.45) is -9.38. The molecule has 0 atom stereocenters. The maximum Gasteiger partial charge on any atom is 0.417 e. The molecule has 0 N–H and O–H groups in total. The van der Waals surface area contributed by atoms with E-state index in [-0.39, 0.29) is 16.5 Å². The standard InChI is InChI=1S/C20H13F6N3OS/c1-18(2)16(30)28(14-6-3-11(10-27)15(9-14)20(24,25)26)17(31)29(18)13-7-4-12(5-8-13)19(21,22)23/h3-9H,1-2H3/p+1. The van der Waals surface area contributed by atoms with Gasteiger partial charge in [-0.05, 0) is 56.3 Å². The topological polar surface area (TPSA) is 47.1 Å². The molecule has 0 saturated heterocycles. The van der Waals surface area contributed by atoms with Crippen LogP contribution in [0.5, 0.6) is 0 Å². The van der Waals surface area contributed by atoms with Crippen LogP contribution in [0.15, 0.2) is 42.5 Å². The molecule has 0 radical (unpaired) electrons. The lowest BCUT2D eigenvalue weighted by Gasteiger charge is -2.17. The van der Waals surface area contributed by atoms with Crippen LogP contribution >= 0.6 is 12.6 Å². The number of alkyl halides is 6. The molecular weight excluding hydrogens is 444 g/mol. The van der Waals surface area contributed by atoms with Gasteiger partial charge in [0.25, 0.3) is 0 Å². The SMILES string of the molecule is CC1(C)C(=O)N(c2ccc(C#N)c(C(F)(F)F)c2)C(S)=[N+]1c1ccc(C(F)(F)F)cc1. The number of carbonyl (C=O) groups is 1. The monoisotopic (exact) mass is 458 g/mol. The van der Waals surface area contributed by atoms with Crippen LogP contribution in [0.4, 0.5) is 37.7 Å². The molecule has 0 unspecified atom stereocenters. The van der Waals surface area contributed by atoms with E-state index in [0.29, 0.717) is 6.07 Å². The van der Waals surface area contributed by atoms with Crippen molar-refractivity contribution in [3.8, 4) is 6.07 Å². The Balaban J connectivity index is 2.15. The molecule has 2 aromatic carbocycles. The predicted octanol–water partition coefficient (Wildman–Crippen LogP) is 5.35. The largest absolute Gasteiger partial charge is 0.417 e. The molecule has 0 spiro atoms. The van der Waals surface area contributed by atoms with Gasteiger partial charge in [-0.2, -0.15) is 36.5 Å². The van der Waals surface area contributed by atoms with Gasteiger partial charge in [-0.25, -0.2) is 9.37 Å². The Morgan fingerprint density at radius 3 is 2.06 bits per heavy atom. The highest BCUT2D eigenvalue weighted by Gasteiger charge is 2.55. The lowest BCUT2D eigenvalue weighted by molar-refractivity contribution is -0.498. The predicted molar refractivity (Wildman–Crippen MR) is 103 cm³/mol. The highest BCUT2D eigenvalue weighted by Crippen LogP contribution is 2.39. The third-order valence-electron chi connectivity index (χ3n) is 4.83. The lowest BCUT2D eigenvalue weighted by Crippen LogP contribution is -2.41. The number of hydrogen-bond acceptors (Lipinski definition) is 2. The second-order valence-corrected chi connectivity index (χ2v) is 7.62. The number of hydrogen-bond donors (Lipinski definition) is 1. The van der Waals surface area contributed by atoms with Crippen LogP contribution in [-0.4, -0.2) is 21.2 Å². The molecule has 11 heteroatoms. The summed E-state index contributed by atoms with van der Waals surface area (Å²) >= 11 is 4.30. The van der Waals surface area contributed by atoms with E-state index < -0.39 is 40.5 Å². The Morgan fingerprint density at radius 1 is 1.00 bits per heavy atom. The molecule has 31 heavy (non-hydrogen) atoms. The van der Waals surface area contributed by atoms with Crippen molar-refractivity contribution in [3.05, 3.63) is 59.2 Å². The quantitative estimate of drug-likeness (QED) is 0.375. The molecule has 4 nitrogen and oxygen atoms in total. The molecule has 2 aromatic rings. The van der Waals surface area contributed by atoms with E-state index in [1.807, 2.05) is 0 Å². The molecule has 1 aliphatic heterocycles. The lowest BCUT2D eigenvalue weighted by atomic mass is 10.0. The van der Waals surface area contributed by atoms with Crippen LogP contribution < -0.4 is 4.90 Å². The fourth-order valence-corrected chi connectivity index (χ4v) is 3.86. The van der Waals surface area contributed by atoms with E-state index in [2.05, 4.69) is 12.6 Å². The first-order valence-electron chi connectivity index (χ1n) is 8.69. The van der Waals surface area contributed by atoms with Crippen molar-refractivity contribution in [2.45, 2.75) is 31.7 Å². The summed E-state index contributed by atoms with van der Waals surface area (Å²) in [6.45, 7) is 2.94. The van der Waals surface area contributed by atoms with Gasteiger partial charge in [-0.3, -0.25) is 0 Å². The Bertz CT molecular complexity index is 1130. The normalized spacial score (nSPS) is 16.6. The number of nitriles is 1. The molecule has 0 aliphatic carbocycles. The molecule has 1 heterocycles. The summed E-state index contributed by atoms with van der Waals surface area (Å²) < 4.78 is 79.9. The average molecular weight is 458 g/mol. The second-order valence-electron chi connectivity index (χ2n) is 7.22. The van der Waals surface area contributed by atoms with Gasteiger partial charge in [0.1, 0.15) is 11.4 Å². The zero-order valence-corrected chi connectivity index (χ0v) is 16.9. The Kier molecular flexibility index (Phi) is 5.34. The molecule has 1 amide bonds. The summed E-state index contributed by atoms with van der Waals surface area (Å²) in [5.41, 5.74) is -4.05. The second kappa shape index (κ2) is 7.30. The Hall–Kier alpha value is -3.00. The first kappa shape index (κ1) is 22.7. The fraction of sp³-hybridized carbons (Fsp3) is 0.250.